The Bertz CT molecular complexity index is 487. The molecular formula is C17H27N3OS. The minimum absolute atomic E-state index is 0.299. The lowest BCUT2D eigenvalue weighted by Crippen LogP contribution is -2.49. The Hall–Kier alpha value is -1.36. The molecule has 1 aromatic rings. The van der Waals surface area contributed by atoms with Crippen LogP contribution in [0.2, 0.25) is 0 Å². The molecule has 122 valence electrons. The molecule has 1 aliphatic rings. The van der Waals surface area contributed by atoms with Gasteiger partial charge in [-0.15, -0.1) is 0 Å². The number of hydrogen-bond donors (Lipinski definition) is 2. The van der Waals surface area contributed by atoms with Crippen LogP contribution in [0.15, 0.2) is 29.3 Å². The normalized spacial score (nSPS) is 19.5. The molecule has 0 aromatic heterocycles. The third kappa shape index (κ3) is 4.83. The molecule has 1 aliphatic heterocycles. The molecule has 0 aliphatic carbocycles. The second-order valence-corrected chi connectivity index (χ2v) is 7.28. The van der Waals surface area contributed by atoms with E-state index in [-0.39, 0.29) is 0 Å². The maximum Gasteiger partial charge on any atom is 0.194 e. The molecule has 0 bridgehead atoms. The van der Waals surface area contributed by atoms with Gasteiger partial charge in [-0.2, -0.15) is 11.8 Å². The van der Waals surface area contributed by atoms with Crippen LogP contribution >= 0.6 is 11.8 Å². The van der Waals surface area contributed by atoms with Gasteiger partial charge in [-0.1, -0.05) is 26.0 Å². The van der Waals surface area contributed by atoms with E-state index in [1.165, 1.54) is 0 Å². The molecule has 0 saturated carbocycles. The average Bonchev–Trinajstić information content (AvgIpc) is 2.53. The molecule has 5 heteroatoms. The van der Waals surface area contributed by atoms with Gasteiger partial charge in [0.25, 0.3) is 0 Å². The first-order chi connectivity index (χ1) is 10.6. The van der Waals surface area contributed by atoms with Gasteiger partial charge in [0, 0.05) is 30.6 Å². The summed E-state index contributed by atoms with van der Waals surface area (Å²) >= 11 is 2.07. The summed E-state index contributed by atoms with van der Waals surface area (Å²) in [6, 6.07) is 7.27. The fourth-order valence-corrected chi connectivity index (χ4v) is 3.76. The van der Waals surface area contributed by atoms with Crippen molar-refractivity contribution in [1.29, 1.82) is 0 Å². The molecule has 1 heterocycles. The van der Waals surface area contributed by atoms with Gasteiger partial charge in [-0.3, -0.25) is 0 Å². The van der Waals surface area contributed by atoms with Crippen LogP contribution in [0, 0.1) is 5.92 Å². The Labute approximate surface area is 138 Å². The number of nitrogens with zero attached hydrogens (tertiary/aromatic N) is 2. The summed E-state index contributed by atoms with van der Waals surface area (Å²) in [7, 11) is 0. The monoisotopic (exact) mass is 321 g/mol. The van der Waals surface area contributed by atoms with E-state index in [9.17, 15) is 5.11 Å². The number of benzene rings is 1. The number of rotatable bonds is 4. The topological polar surface area (TPSA) is 47.9 Å². The smallest absolute Gasteiger partial charge is 0.194 e. The van der Waals surface area contributed by atoms with E-state index in [0.29, 0.717) is 23.5 Å². The van der Waals surface area contributed by atoms with Gasteiger partial charge in [-0.25, -0.2) is 4.99 Å². The summed E-state index contributed by atoms with van der Waals surface area (Å²) in [6.07, 6.45) is 0. The van der Waals surface area contributed by atoms with Gasteiger partial charge in [0.2, 0.25) is 0 Å². The number of nitrogens with one attached hydrogen (secondary N) is 1. The maximum atomic E-state index is 9.34. The first-order valence-corrected chi connectivity index (χ1v) is 9.07. The molecule has 1 saturated heterocycles. The van der Waals surface area contributed by atoms with E-state index < -0.39 is 0 Å². The van der Waals surface area contributed by atoms with Gasteiger partial charge in [0.1, 0.15) is 5.75 Å². The van der Waals surface area contributed by atoms with Gasteiger partial charge < -0.3 is 15.3 Å². The van der Waals surface area contributed by atoms with E-state index in [1.54, 1.807) is 12.1 Å². The largest absolute Gasteiger partial charge is 0.508 e. The van der Waals surface area contributed by atoms with Crippen molar-refractivity contribution < 1.29 is 5.11 Å². The molecule has 1 atom stereocenters. The Morgan fingerprint density at radius 3 is 2.77 bits per heavy atom. The predicted molar refractivity (Wildman–Crippen MR) is 95.6 cm³/mol. The molecular weight excluding hydrogens is 294 g/mol. The van der Waals surface area contributed by atoms with Crippen molar-refractivity contribution in [3.05, 3.63) is 29.8 Å². The van der Waals surface area contributed by atoms with Crippen molar-refractivity contribution in [3.8, 4) is 5.75 Å². The Morgan fingerprint density at radius 1 is 1.41 bits per heavy atom. The first kappa shape index (κ1) is 17.0. The summed E-state index contributed by atoms with van der Waals surface area (Å²) in [5.74, 6) is 3.15. The minimum Gasteiger partial charge on any atom is -0.508 e. The number of aromatic hydroxyl groups is 1. The number of thioether (sulfide) groups is 1. The maximum absolute atomic E-state index is 9.34. The summed E-state index contributed by atoms with van der Waals surface area (Å²) in [5.41, 5.74) is 1.11. The Balaban J connectivity index is 2.04. The van der Waals surface area contributed by atoms with Crippen LogP contribution in [0.1, 0.15) is 26.3 Å². The van der Waals surface area contributed by atoms with Crippen LogP contribution in [0.3, 0.4) is 0 Å². The number of aliphatic imine (C=N–C) groups is 1. The van der Waals surface area contributed by atoms with E-state index in [2.05, 4.69) is 42.7 Å². The number of phenolic OH excluding ortho intramolecular Hbond substituents is 1. The number of phenols is 1. The molecule has 22 heavy (non-hydrogen) atoms. The van der Waals surface area contributed by atoms with Gasteiger partial charge in [0.05, 0.1) is 6.54 Å². The molecule has 0 radical (unpaired) electrons. The zero-order valence-electron chi connectivity index (χ0n) is 13.7. The quantitative estimate of drug-likeness (QED) is 0.661. The molecule has 1 unspecified atom stereocenters. The van der Waals surface area contributed by atoms with Gasteiger partial charge in [-0.05, 0) is 30.5 Å². The van der Waals surface area contributed by atoms with Crippen LogP contribution in [0.5, 0.6) is 5.75 Å². The zero-order valence-corrected chi connectivity index (χ0v) is 14.6. The van der Waals surface area contributed by atoms with Crippen molar-refractivity contribution in [2.24, 2.45) is 10.9 Å². The summed E-state index contributed by atoms with van der Waals surface area (Å²) in [4.78, 5) is 7.15. The standard InChI is InChI=1S/C17H27N3OS/c1-4-18-17(19-11-14-5-7-15(21)8-6-14)20-9-10-22-16(12-20)13(2)3/h5-8,13,16,21H,4,9-12H2,1-3H3,(H,18,19). The lowest BCUT2D eigenvalue weighted by molar-refractivity contribution is 0.381. The highest BCUT2D eigenvalue weighted by Crippen LogP contribution is 2.25. The van der Waals surface area contributed by atoms with Gasteiger partial charge >= 0.3 is 0 Å². The SMILES string of the molecule is CCNC(=NCc1ccc(O)cc1)N1CCSC(C(C)C)C1. The van der Waals surface area contributed by atoms with Crippen LogP contribution in [0.4, 0.5) is 0 Å². The van der Waals surface area contributed by atoms with E-state index >= 15 is 0 Å². The second kappa shape index (κ2) is 8.32. The van der Waals surface area contributed by atoms with E-state index in [4.69, 9.17) is 4.99 Å². The molecule has 1 aromatic carbocycles. The van der Waals surface area contributed by atoms with E-state index in [0.717, 1.165) is 36.9 Å². The first-order valence-electron chi connectivity index (χ1n) is 8.03. The average molecular weight is 321 g/mol. The second-order valence-electron chi connectivity index (χ2n) is 5.94. The lowest BCUT2D eigenvalue weighted by Gasteiger charge is -2.36. The van der Waals surface area contributed by atoms with Crippen LogP contribution in [0.25, 0.3) is 0 Å². The van der Waals surface area contributed by atoms with Crippen molar-refractivity contribution in [2.75, 3.05) is 25.4 Å². The van der Waals surface area contributed by atoms with Crippen molar-refractivity contribution in [1.82, 2.24) is 10.2 Å². The predicted octanol–water partition coefficient (Wildman–Crippen LogP) is 2.93. The molecule has 0 spiro atoms. The highest BCUT2D eigenvalue weighted by Gasteiger charge is 2.24. The fourth-order valence-electron chi connectivity index (χ4n) is 2.46. The molecule has 2 N–H and O–H groups in total. The van der Waals surface area contributed by atoms with Crippen molar-refractivity contribution >= 4 is 17.7 Å². The molecule has 1 fully saturated rings. The molecule has 0 amide bonds. The lowest BCUT2D eigenvalue weighted by atomic mass is 10.1. The van der Waals surface area contributed by atoms with Crippen molar-refractivity contribution in [3.63, 3.8) is 0 Å². The third-order valence-electron chi connectivity index (χ3n) is 3.82. The fraction of sp³-hybridized carbons (Fsp3) is 0.588. The highest BCUT2D eigenvalue weighted by atomic mass is 32.2. The zero-order chi connectivity index (χ0) is 15.9. The number of guanidine groups is 1. The van der Waals surface area contributed by atoms with Crippen LogP contribution in [-0.4, -0.2) is 46.6 Å². The minimum atomic E-state index is 0.299. The Kier molecular flexibility index (Phi) is 6.43. The number of hydrogen-bond acceptors (Lipinski definition) is 3. The van der Waals surface area contributed by atoms with E-state index in [1.807, 2.05) is 12.1 Å². The highest BCUT2D eigenvalue weighted by molar-refractivity contribution is 8.00. The van der Waals surface area contributed by atoms with Crippen LogP contribution < -0.4 is 5.32 Å². The third-order valence-corrected chi connectivity index (χ3v) is 5.36. The van der Waals surface area contributed by atoms with Crippen LogP contribution in [-0.2, 0) is 6.54 Å². The summed E-state index contributed by atoms with van der Waals surface area (Å²) < 4.78 is 0. The molecule has 4 nitrogen and oxygen atoms in total. The summed E-state index contributed by atoms with van der Waals surface area (Å²) in [6.45, 7) is 10.3. The van der Waals surface area contributed by atoms with Gasteiger partial charge in [0.15, 0.2) is 5.96 Å². The summed E-state index contributed by atoms with van der Waals surface area (Å²) in [5, 5.41) is 13.4. The molecule has 2 rings (SSSR count). The Morgan fingerprint density at radius 2 is 2.14 bits per heavy atom. The van der Waals surface area contributed by atoms with Crippen molar-refractivity contribution in [2.45, 2.75) is 32.6 Å².